The Kier molecular flexibility index (Phi) is 6.95. The van der Waals surface area contributed by atoms with Crippen LogP contribution in [0.3, 0.4) is 0 Å². The second-order valence-electron chi connectivity index (χ2n) is 13.1. The van der Waals surface area contributed by atoms with Crippen molar-refractivity contribution in [3.63, 3.8) is 0 Å². The topological polar surface area (TPSA) is 155 Å². The van der Waals surface area contributed by atoms with Gasteiger partial charge in [0.15, 0.2) is 17.3 Å². The number of amides is 2. The molecule has 6 aromatic rings. The molecule has 2 saturated heterocycles. The maximum Gasteiger partial charge on any atom is 0.237 e. The first-order chi connectivity index (χ1) is 23.8. The van der Waals surface area contributed by atoms with Crippen LogP contribution in [0.15, 0.2) is 53.3 Å². The molecule has 3 aliphatic heterocycles. The van der Waals surface area contributed by atoms with Crippen LogP contribution >= 0.6 is 11.3 Å². The van der Waals surface area contributed by atoms with Crippen LogP contribution in [-0.4, -0.2) is 101 Å². The minimum Gasteiger partial charge on any atom is -0.441 e. The van der Waals surface area contributed by atoms with Crippen molar-refractivity contribution >= 4 is 56.7 Å². The zero-order chi connectivity index (χ0) is 33.3. The van der Waals surface area contributed by atoms with Crippen molar-refractivity contribution in [3.8, 4) is 22.0 Å². The quantitative estimate of drug-likeness (QED) is 0.273. The van der Waals surface area contributed by atoms with Crippen LogP contribution in [0.25, 0.3) is 49.7 Å². The number of carbonyl (C=O) groups excluding carboxylic acids is 2. The van der Waals surface area contributed by atoms with Crippen LogP contribution in [0.5, 0.6) is 0 Å². The predicted molar refractivity (Wildman–Crippen MR) is 183 cm³/mol. The van der Waals surface area contributed by atoms with Crippen LogP contribution in [0.2, 0.25) is 0 Å². The van der Waals surface area contributed by atoms with Gasteiger partial charge in [-0.15, -0.1) is 11.3 Å². The summed E-state index contributed by atoms with van der Waals surface area (Å²) in [6, 6.07) is 9.57. The second-order valence-corrected chi connectivity index (χ2v) is 14.1. The van der Waals surface area contributed by atoms with Crippen molar-refractivity contribution in [2.24, 2.45) is 12.5 Å². The van der Waals surface area contributed by atoms with E-state index in [2.05, 4.69) is 41.2 Å². The molecule has 248 valence electrons. The van der Waals surface area contributed by atoms with E-state index >= 15 is 0 Å². The maximum absolute atomic E-state index is 14.0. The van der Waals surface area contributed by atoms with E-state index in [1.807, 2.05) is 55.4 Å². The van der Waals surface area contributed by atoms with Gasteiger partial charge in [-0.05, 0) is 61.7 Å². The molecule has 9 rings (SSSR count). The molecule has 8 heterocycles. The molecule has 0 unspecified atom stereocenters. The SMILES string of the molecule is Cc1nc2cc(-c3n[nH]c4ccc(N5CC[C@]6(CCN(CC(=O)N7CC=C(c8ncc(-c9ncn(C)n9)s8)CC7)C6)C5=O)nc34)ccc2o1. The van der Waals surface area contributed by atoms with E-state index in [4.69, 9.17) is 9.40 Å². The number of nitrogens with zero attached hydrogens (tertiary/aromatic N) is 10. The molecule has 1 aromatic carbocycles. The lowest BCUT2D eigenvalue weighted by atomic mass is 9.85. The van der Waals surface area contributed by atoms with E-state index in [0.29, 0.717) is 68.0 Å². The molecule has 2 fully saturated rings. The summed E-state index contributed by atoms with van der Waals surface area (Å²) in [6.45, 7) is 5.20. The molecule has 3 aliphatic rings. The number of fused-ring (bicyclic) bond motifs is 2. The van der Waals surface area contributed by atoms with Gasteiger partial charge in [0.25, 0.3) is 0 Å². The standard InChI is InChI=1S/C34H33N11O3S/c1-20-37-24-15-22(3-5-25(24)48-20)29-30-23(39-40-29)4-6-27(38-30)45-14-10-34(33(45)47)9-13-43(18-34)17-28(46)44-11-7-21(8-12-44)32-35-16-26(49-32)31-36-19-42(2)41-31/h3-7,15-16,19H,8-14,17-18H2,1-2H3,(H,39,40)/t34-/m0/s1. The van der Waals surface area contributed by atoms with Crippen molar-refractivity contribution in [1.82, 2.24) is 49.7 Å². The first-order valence-electron chi connectivity index (χ1n) is 16.4. The Morgan fingerprint density at radius 3 is 2.84 bits per heavy atom. The highest BCUT2D eigenvalue weighted by Gasteiger charge is 2.51. The fourth-order valence-corrected chi connectivity index (χ4v) is 8.22. The van der Waals surface area contributed by atoms with Gasteiger partial charge in [-0.2, -0.15) is 10.2 Å². The summed E-state index contributed by atoms with van der Waals surface area (Å²) in [6.07, 6.45) is 7.80. The van der Waals surface area contributed by atoms with Gasteiger partial charge in [-0.25, -0.2) is 19.9 Å². The molecule has 0 bridgehead atoms. The zero-order valence-electron chi connectivity index (χ0n) is 27.1. The van der Waals surface area contributed by atoms with Crippen LogP contribution in [-0.2, 0) is 16.6 Å². The normalized spacial score (nSPS) is 20.0. The van der Waals surface area contributed by atoms with Crippen molar-refractivity contribution < 1.29 is 14.0 Å². The second kappa shape index (κ2) is 11.4. The molecule has 1 N–H and O–H groups in total. The molecule has 5 aromatic heterocycles. The van der Waals surface area contributed by atoms with Gasteiger partial charge in [0.1, 0.15) is 33.9 Å². The van der Waals surface area contributed by atoms with Crippen molar-refractivity contribution in [1.29, 1.82) is 0 Å². The predicted octanol–water partition coefficient (Wildman–Crippen LogP) is 4.07. The Morgan fingerprint density at radius 2 is 2.00 bits per heavy atom. The highest BCUT2D eigenvalue weighted by Crippen LogP contribution is 2.42. The van der Waals surface area contributed by atoms with Gasteiger partial charge in [0.05, 0.1) is 22.4 Å². The number of aromatic nitrogens is 8. The third kappa shape index (κ3) is 5.20. The van der Waals surface area contributed by atoms with E-state index in [1.54, 1.807) is 27.2 Å². The van der Waals surface area contributed by atoms with Crippen LogP contribution in [0.4, 0.5) is 5.82 Å². The Bertz CT molecular complexity index is 2300. The van der Waals surface area contributed by atoms with Crippen LogP contribution in [0.1, 0.15) is 30.2 Å². The molecule has 1 atom stereocenters. The highest BCUT2D eigenvalue weighted by molar-refractivity contribution is 7.16. The van der Waals surface area contributed by atoms with Crippen molar-refractivity contribution in [2.45, 2.75) is 26.2 Å². The lowest BCUT2D eigenvalue weighted by Gasteiger charge is -2.28. The first-order valence-corrected chi connectivity index (χ1v) is 17.2. The largest absolute Gasteiger partial charge is 0.441 e. The number of hydrogen-bond donors (Lipinski definition) is 1. The van der Waals surface area contributed by atoms with E-state index < -0.39 is 5.41 Å². The number of nitrogens with one attached hydrogen (secondary N) is 1. The van der Waals surface area contributed by atoms with Crippen LogP contribution < -0.4 is 4.90 Å². The maximum atomic E-state index is 14.0. The summed E-state index contributed by atoms with van der Waals surface area (Å²) in [5.74, 6) is 2.06. The Hall–Kier alpha value is -5.28. The number of aromatic amines is 1. The number of H-pyrrole nitrogens is 1. The zero-order valence-corrected chi connectivity index (χ0v) is 27.9. The number of aryl methyl sites for hydroxylation is 2. The molecule has 15 heteroatoms. The van der Waals surface area contributed by atoms with Gasteiger partial charge < -0.3 is 9.32 Å². The van der Waals surface area contributed by atoms with Crippen molar-refractivity contribution in [3.05, 3.63) is 59.8 Å². The summed E-state index contributed by atoms with van der Waals surface area (Å²) in [4.78, 5) is 52.5. The minimum absolute atomic E-state index is 0.0769. The van der Waals surface area contributed by atoms with E-state index in [0.717, 1.165) is 56.9 Å². The number of benzene rings is 1. The van der Waals surface area contributed by atoms with E-state index in [1.165, 1.54) is 0 Å². The van der Waals surface area contributed by atoms with Gasteiger partial charge in [0, 0.05) is 51.9 Å². The summed E-state index contributed by atoms with van der Waals surface area (Å²) in [5.41, 5.74) is 5.17. The number of likely N-dealkylation sites (tertiary alicyclic amines) is 1. The Labute approximate surface area is 284 Å². The highest BCUT2D eigenvalue weighted by atomic mass is 32.1. The van der Waals surface area contributed by atoms with Crippen LogP contribution in [0, 0.1) is 12.3 Å². The molecule has 0 aliphatic carbocycles. The van der Waals surface area contributed by atoms with Crippen molar-refractivity contribution in [2.75, 3.05) is 44.2 Å². The monoisotopic (exact) mass is 675 g/mol. The summed E-state index contributed by atoms with van der Waals surface area (Å²) in [5, 5.41) is 12.9. The number of carbonyl (C=O) groups is 2. The third-order valence-electron chi connectivity index (χ3n) is 9.90. The molecular formula is C34H33N11O3S. The minimum atomic E-state index is -0.508. The lowest BCUT2D eigenvalue weighted by Crippen LogP contribution is -2.43. The number of pyridine rings is 1. The number of thiazole rings is 1. The molecule has 0 radical (unpaired) electrons. The average Bonchev–Trinajstić information content (AvgIpc) is 3.96. The Morgan fingerprint density at radius 1 is 1.10 bits per heavy atom. The Balaban J connectivity index is 0.851. The summed E-state index contributed by atoms with van der Waals surface area (Å²) in [7, 11) is 1.84. The third-order valence-corrected chi connectivity index (χ3v) is 11.0. The number of anilines is 1. The molecule has 0 saturated carbocycles. The van der Waals surface area contributed by atoms with Gasteiger partial charge in [0.2, 0.25) is 11.8 Å². The van der Waals surface area contributed by atoms with Gasteiger partial charge >= 0.3 is 0 Å². The van der Waals surface area contributed by atoms with Gasteiger partial charge in [-0.1, -0.05) is 6.08 Å². The molecule has 1 spiro atoms. The first kappa shape index (κ1) is 29.8. The summed E-state index contributed by atoms with van der Waals surface area (Å²) < 4.78 is 7.31. The number of hydrogen-bond acceptors (Lipinski definition) is 11. The van der Waals surface area contributed by atoms with Gasteiger partial charge in [-0.3, -0.25) is 29.2 Å². The summed E-state index contributed by atoms with van der Waals surface area (Å²) >= 11 is 1.57. The fourth-order valence-electron chi connectivity index (χ4n) is 7.30. The van der Waals surface area contributed by atoms with E-state index in [-0.39, 0.29) is 11.8 Å². The average molecular weight is 676 g/mol. The number of oxazole rings is 1. The molecule has 14 nitrogen and oxygen atoms in total. The van der Waals surface area contributed by atoms with E-state index in [9.17, 15) is 9.59 Å². The molecule has 49 heavy (non-hydrogen) atoms. The molecular weight excluding hydrogens is 643 g/mol. The smallest absolute Gasteiger partial charge is 0.237 e. The number of rotatable bonds is 6. The lowest BCUT2D eigenvalue weighted by molar-refractivity contribution is -0.132. The molecule has 2 amide bonds. The fraction of sp³-hybridized carbons (Fsp3) is 0.353.